The lowest BCUT2D eigenvalue weighted by molar-refractivity contribution is 0.853. The van der Waals surface area contributed by atoms with Gasteiger partial charge in [0.2, 0.25) is 0 Å². The van der Waals surface area contributed by atoms with Crippen molar-refractivity contribution >= 4 is 17.2 Å². The van der Waals surface area contributed by atoms with Gasteiger partial charge in [-0.25, -0.2) is 4.99 Å². The Morgan fingerprint density at radius 1 is 1.46 bits per heavy atom. The lowest BCUT2D eigenvalue weighted by Gasteiger charge is -2.23. The molecule has 1 atom stereocenters. The maximum atomic E-state index is 5.79. The van der Waals surface area contributed by atoms with Crippen LogP contribution in [0.2, 0.25) is 0 Å². The molecule has 0 amide bonds. The van der Waals surface area contributed by atoms with Crippen LogP contribution in [0.15, 0.2) is 29.3 Å². The molecule has 1 aliphatic heterocycles. The average molecular weight is 175 g/mol. The number of anilines is 1. The van der Waals surface area contributed by atoms with Crippen LogP contribution in [0.1, 0.15) is 13.3 Å². The summed E-state index contributed by atoms with van der Waals surface area (Å²) in [5.41, 5.74) is 7.80. The summed E-state index contributed by atoms with van der Waals surface area (Å²) in [6.07, 6.45) is 0.962. The Morgan fingerprint density at radius 2 is 2.23 bits per heavy atom. The van der Waals surface area contributed by atoms with Gasteiger partial charge in [0.1, 0.15) is 5.84 Å². The standard InChI is InChI=1S/C10H13N3/c1-2-7-10(11)13-9-6-4-3-5-8(9)12-7/h3-7,12H,2H2,1H3,(H2,11,13). The van der Waals surface area contributed by atoms with Crippen molar-refractivity contribution in [2.45, 2.75) is 19.4 Å². The van der Waals surface area contributed by atoms with Crippen LogP contribution in [0.5, 0.6) is 0 Å². The third-order valence-electron chi connectivity index (χ3n) is 2.25. The van der Waals surface area contributed by atoms with Crippen molar-refractivity contribution in [3.63, 3.8) is 0 Å². The van der Waals surface area contributed by atoms with Crippen LogP contribution < -0.4 is 11.1 Å². The van der Waals surface area contributed by atoms with Crippen molar-refractivity contribution in [3.05, 3.63) is 24.3 Å². The van der Waals surface area contributed by atoms with Crippen LogP contribution in [0.4, 0.5) is 11.4 Å². The summed E-state index contributed by atoms with van der Waals surface area (Å²) in [6, 6.07) is 8.13. The second kappa shape index (κ2) is 3.09. The number of amidine groups is 1. The quantitative estimate of drug-likeness (QED) is 0.684. The fraction of sp³-hybridized carbons (Fsp3) is 0.300. The van der Waals surface area contributed by atoms with Crippen molar-refractivity contribution in [3.8, 4) is 0 Å². The zero-order valence-corrected chi connectivity index (χ0v) is 7.62. The second-order valence-electron chi connectivity index (χ2n) is 3.16. The molecule has 0 fully saturated rings. The van der Waals surface area contributed by atoms with Crippen molar-refractivity contribution in [1.29, 1.82) is 0 Å². The van der Waals surface area contributed by atoms with Gasteiger partial charge in [0.05, 0.1) is 17.4 Å². The first kappa shape index (κ1) is 8.10. The second-order valence-corrected chi connectivity index (χ2v) is 3.16. The van der Waals surface area contributed by atoms with Gasteiger partial charge in [0, 0.05) is 0 Å². The Kier molecular flexibility index (Phi) is 1.93. The highest BCUT2D eigenvalue weighted by Crippen LogP contribution is 2.28. The molecule has 0 saturated heterocycles. The molecule has 0 aromatic heterocycles. The number of nitrogens with two attached hydrogens (primary N) is 1. The number of nitrogens with one attached hydrogen (secondary N) is 1. The van der Waals surface area contributed by atoms with E-state index < -0.39 is 0 Å². The molecule has 1 aliphatic rings. The Bertz CT molecular complexity index is 344. The van der Waals surface area contributed by atoms with E-state index in [1.807, 2.05) is 24.3 Å². The molecule has 0 radical (unpaired) electrons. The first-order valence-corrected chi connectivity index (χ1v) is 4.51. The van der Waals surface area contributed by atoms with Crippen LogP contribution in [-0.4, -0.2) is 11.9 Å². The first-order valence-electron chi connectivity index (χ1n) is 4.51. The van der Waals surface area contributed by atoms with Crippen LogP contribution in [0.25, 0.3) is 0 Å². The zero-order chi connectivity index (χ0) is 9.26. The highest BCUT2D eigenvalue weighted by Gasteiger charge is 2.17. The fourth-order valence-electron chi connectivity index (χ4n) is 1.48. The zero-order valence-electron chi connectivity index (χ0n) is 7.62. The molecule has 0 bridgehead atoms. The van der Waals surface area contributed by atoms with Gasteiger partial charge < -0.3 is 11.1 Å². The number of hydrogen-bond acceptors (Lipinski definition) is 3. The summed E-state index contributed by atoms with van der Waals surface area (Å²) in [4.78, 5) is 4.33. The van der Waals surface area contributed by atoms with E-state index in [1.165, 1.54) is 0 Å². The highest BCUT2D eigenvalue weighted by molar-refractivity contribution is 5.95. The van der Waals surface area contributed by atoms with Gasteiger partial charge in [-0.15, -0.1) is 0 Å². The van der Waals surface area contributed by atoms with E-state index in [0.29, 0.717) is 5.84 Å². The molecule has 1 unspecified atom stereocenters. The van der Waals surface area contributed by atoms with Crippen molar-refractivity contribution in [1.82, 2.24) is 0 Å². The molecule has 3 N–H and O–H groups in total. The molecule has 2 rings (SSSR count). The number of nitrogens with zero attached hydrogens (tertiary/aromatic N) is 1. The molecule has 3 heteroatoms. The number of benzene rings is 1. The maximum Gasteiger partial charge on any atom is 0.122 e. The Morgan fingerprint density at radius 3 is 3.00 bits per heavy atom. The predicted octanol–water partition coefficient (Wildman–Crippen LogP) is 1.88. The van der Waals surface area contributed by atoms with Crippen LogP contribution >= 0.6 is 0 Å². The van der Waals surface area contributed by atoms with Gasteiger partial charge in [-0.3, -0.25) is 0 Å². The van der Waals surface area contributed by atoms with Gasteiger partial charge >= 0.3 is 0 Å². The Hall–Kier alpha value is -1.51. The minimum Gasteiger partial charge on any atom is -0.385 e. The van der Waals surface area contributed by atoms with Crippen molar-refractivity contribution in [2.24, 2.45) is 10.7 Å². The average Bonchev–Trinajstić information content (AvgIpc) is 2.17. The summed E-state index contributed by atoms with van der Waals surface area (Å²) in [5.74, 6) is 0.682. The van der Waals surface area contributed by atoms with E-state index in [4.69, 9.17) is 5.73 Å². The summed E-state index contributed by atoms with van der Waals surface area (Å²) in [5, 5.41) is 3.34. The molecule has 13 heavy (non-hydrogen) atoms. The van der Waals surface area contributed by atoms with Crippen molar-refractivity contribution < 1.29 is 0 Å². The SMILES string of the molecule is CCC1Nc2ccccc2N=C1N. The summed E-state index contributed by atoms with van der Waals surface area (Å²) < 4.78 is 0. The van der Waals surface area contributed by atoms with Crippen LogP contribution in [0.3, 0.4) is 0 Å². The Labute approximate surface area is 77.7 Å². The van der Waals surface area contributed by atoms with Crippen molar-refractivity contribution in [2.75, 3.05) is 5.32 Å². The molecule has 3 nitrogen and oxygen atoms in total. The predicted molar refractivity (Wildman–Crippen MR) is 55.4 cm³/mol. The summed E-state index contributed by atoms with van der Waals surface area (Å²) in [6.45, 7) is 2.09. The van der Waals surface area contributed by atoms with E-state index in [0.717, 1.165) is 17.8 Å². The maximum absolute atomic E-state index is 5.79. The van der Waals surface area contributed by atoms with E-state index >= 15 is 0 Å². The van der Waals surface area contributed by atoms with Gasteiger partial charge in [-0.05, 0) is 18.6 Å². The monoisotopic (exact) mass is 175 g/mol. The molecule has 68 valence electrons. The lowest BCUT2D eigenvalue weighted by Crippen LogP contribution is -2.36. The highest BCUT2D eigenvalue weighted by atomic mass is 15.1. The van der Waals surface area contributed by atoms with Gasteiger partial charge in [-0.1, -0.05) is 19.1 Å². The van der Waals surface area contributed by atoms with Gasteiger partial charge in [0.25, 0.3) is 0 Å². The van der Waals surface area contributed by atoms with Gasteiger partial charge in [0.15, 0.2) is 0 Å². The Balaban J connectivity index is 2.40. The topological polar surface area (TPSA) is 50.4 Å². The van der Waals surface area contributed by atoms with Crippen LogP contribution in [-0.2, 0) is 0 Å². The third-order valence-corrected chi connectivity index (χ3v) is 2.25. The molecular weight excluding hydrogens is 162 g/mol. The minimum absolute atomic E-state index is 0.190. The van der Waals surface area contributed by atoms with E-state index in [9.17, 15) is 0 Å². The largest absolute Gasteiger partial charge is 0.385 e. The minimum atomic E-state index is 0.190. The van der Waals surface area contributed by atoms with Crippen LogP contribution in [0, 0.1) is 0 Å². The number of rotatable bonds is 1. The number of para-hydroxylation sites is 2. The lowest BCUT2D eigenvalue weighted by atomic mass is 10.1. The van der Waals surface area contributed by atoms with E-state index in [1.54, 1.807) is 0 Å². The molecule has 0 aliphatic carbocycles. The molecular formula is C10H13N3. The first-order chi connectivity index (χ1) is 6.31. The fourth-order valence-corrected chi connectivity index (χ4v) is 1.48. The molecule has 0 saturated carbocycles. The summed E-state index contributed by atoms with van der Waals surface area (Å²) in [7, 11) is 0. The number of hydrogen-bond donors (Lipinski definition) is 2. The molecule has 0 spiro atoms. The summed E-state index contributed by atoms with van der Waals surface area (Å²) >= 11 is 0. The van der Waals surface area contributed by atoms with Gasteiger partial charge in [-0.2, -0.15) is 0 Å². The normalized spacial score (nSPS) is 20.1. The molecule has 1 aromatic rings. The van der Waals surface area contributed by atoms with E-state index in [2.05, 4.69) is 17.2 Å². The third kappa shape index (κ3) is 1.37. The molecule has 1 aromatic carbocycles. The number of aliphatic imine (C=N–C) groups is 1. The molecule has 1 heterocycles. The smallest absolute Gasteiger partial charge is 0.122 e. The van der Waals surface area contributed by atoms with E-state index in [-0.39, 0.29) is 6.04 Å². The number of fused-ring (bicyclic) bond motifs is 1.